The van der Waals surface area contributed by atoms with E-state index in [0.29, 0.717) is 6.42 Å². The normalized spacial score (nSPS) is 22.4. The van der Waals surface area contributed by atoms with Gasteiger partial charge in [-0.2, -0.15) is 0 Å². The van der Waals surface area contributed by atoms with E-state index in [4.69, 9.17) is 14.6 Å². The van der Waals surface area contributed by atoms with Gasteiger partial charge in [-0.15, -0.1) is 0 Å². The molecule has 2 aliphatic rings. The van der Waals surface area contributed by atoms with Crippen molar-refractivity contribution in [2.75, 3.05) is 0 Å². The number of cyclic esters (lactones) is 2. The first-order valence-electron chi connectivity index (χ1n) is 6.55. The van der Waals surface area contributed by atoms with E-state index in [2.05, 4.69) is 0 Å². The van der Waals surface area contributed by atoms with Crippen molar-refractivity contribution in [3.05, 3.63) is 34.9 Å². The highest BCUT2D eigenvalue weighted by molar-refractivity contribution is 6.03. The molecule has 1 aromatic rings. The van der Waals surface area contributed by atoms with Crippen LogP contribution in [0.15, 0.2) is 18.2 Å². The Morgan fingerprint density at radius 3 is 2.30 bits per heavy atom. The molecule has 0 aromatic heterocycles. The van der Waals surface area contributed by atoms with Gasteiger partial charge < -0.3 is 14.6 Å². The van der Waals surface area contributed by atoms with Crippen LogP contribution in [-0.4, -0.2) is 22.8 Å². The van der Waals surface area contributed by atoms with Gasteiger partial charge in [-0.05, 0) is 29.5 Å². The molecule has 0 radical (unpaired) electrons. The maximum absolute atomic E-state index is 12.3. The minimum absolute atomic E-state index is 0.0673. The summed E-state index contributed by atoms with van der Waals surface area (Å²) in [4.78, 5) is 24.6. The van der Waals surface area contributed by atoms with Gasteiger partial charge in [0.25, 0.3) is 5.79 Å². The fourth-order valence-electron chi connectivity index (χ4n) is 2.86. The zero-order valence-corrected chi connectivity index (χ0v) is 11.4. The van der Waals surface area contributed by atoms with Crippen molar-refractivity contribution >= 4 is 11.9 Å². The van der Waals surface area contributed by atoms with Gasteiger partial charge in [0.15, 0.2) is 5.41 Å². The van der Waals surface area contributed by atoms with Crippen LogP contribution >= 0.6 is 0 Å². The van der Waals surface area contributed by atoms with Crippen molar-refractivity contribution in [1.82, 2.24) is 0 Å². The quantitative estimate of drug-likeness (QED) is 0.614. The third-order valence-electron chi connectivity index (χ3n) is 3.90. The third-order valence-corrected chi connectivity index (χ3v) is 3.90. The Hall–Kier alpha value is -1.88. The number of carbonyl (C=O) groups is 2. The second kappa shape index (κ2) is 4.06. The second-order valence-electron chi connectivity index (χ2n) is 5.88. The minimum Gasteiger partial charge on any atom is -0.422 e. The topological polar surface area (TPSA) is 72.8 Å². The van der Waals surface area contributed by atoms with Crippen LogP contribution in [0.1, 0.15) is 30.5 Å². The molecule has 1 aliphatic carbocycles. The fourth-order valence-corrected chi connectivity index (χ4v) is 2.86. The first-order valence-corrected chi connectivity index (χ1v) is 6.55. The number of aliphatic hydroxyl groups excluding tert-OH is 1. The van der Waals surface area contributed by atoms with Gasteiger partial charge in [-0.25, -0.2) is 0 Å². The largest absolute Gasteiger partial charge is 0.422 e. The van der Waals surface area contributed by atoms with Gasteiger partial charge >= 0.3 is 11.9 Å². The highest BCUT2D eigenvalue weighted by Crippen LogP contribution is 2.43. The Morgan fingerprint density at radius 1 is 1.10 bits per heavy atom. The van der Waals surface area contributed by atoms with E-state index in [0.717, 1.165) is 16.7 Å². The van der Waals surface area contributed by atoms with E-state index < -0.39 is 23.1 Å². The lowest BCUT2D eigenvalue weighted by molar-refractivity contribution is -0.250. The molecule has 1 fully saturated rings. The van der Waals surface area contributed by atoms with Crippen LogP contribution in [0.2, 0.25) is 0 Å². The summed E-state index contributed by atoms with van der Waals surface area (Å²) in [6.45, 7) is 3.02. The van der Waals surface area contributed by atoms with Crippen molar-refractivity contribution in [2.24, 2.45) is 5.41 Å². The smallest absolute Gasteiger partial charge is 0.327 e. The summed E-state index contributed by atoms with van der Waals surface area (Å²) in [5.74, 6) is -2.26. The van der Waals surface area contributed by atoms with E-state index >= 15 is 0 Å². The molecule has 1 saturated heterocycles. The molecule has 1 aliphatic heterocycles. The average Bonchev–Trinajstić information content (AvgIpc) is 2.75. The maximum Gasteiger partial charge on any atom is 0.327 e. The summed E-state index contributed by atoms with van der Waals surface area (Å²) in [6, 6.07) is 5.46. The molecule has 0 saturated carbocycles. The third kappa shape index (κ3) is 1.81. The van der Waals surface area contributed by atoms with Gasteiger partial charge in [-0.3, -0.25) is 9.59 Å². The molecular formula is C15H16O5. The van der Waals surface area contributed by atoms with E-state index in [9.17, 15) is 9.59 Å². The van der Waals surface area contributed by atoms with Gasteiger partial charge in [0.05, 0.1) is 6.61 Å². The Bertz CT molecular complexity index is 582. The zero-order chi connectivity index (χ0) is 14.5. The number of fused-ring (bicyclic) bond motifs is 1. The molecule has 5 heteroatoms. The number of benzene rings is 1. The van der Waals surface area contributed by atoms with Gasteiger partial charge in [-0.1, -0.05) is 18.2 Å². The molecule has 3 rings (SSSR count). The fraction of sp³-hybridized carbons (Fsp3) is 0.467. The Labute approximate surface area is 116 Å². The van der Waals surface area contributed by atoms with Crippen molar-refractivity contribution in [1.29, 1.82) is 0 Å². The highest BCUT2D eigenvalue weighted by Gasteiger charge is 2.58. The Balaban J connectivity index is 1.97. The molecule has 5 nitrogen and oxygen atoms in total. The first-order chi connectivity index (χ1) is 9.36. The van der Waals surface area contributed by atoms with Gasteiger partial charge in [0, 0.05) is 13.8 Å². The molecule has 0 amide bonds. The van der Waals surface area contributed by atoms with Crippen LogP contribution < -0.4 is 0 Å². The van der Waals surface area contributed by atoms with Crippen molar-refractivity contribution in [3.63, 3.8) is 0 Å². The molecule has 1 heterocycles. The number of carbonyl (C=O) groups excluding carboxylic acids is 2. The Kier molecular flexibility index (Phi) is 2.66. The molecular weight excluding hydrogens is 260 g/mol. The summed E-state index contributed by atoms with van der Waals surface area (Å²) in [7, 11) is 0. The molecule has 0 atom stereocenters. The van der Waals surface area contributed by atoms with E-state index in [1.165, 1.54) is 0 Å². The predicted molar refractivity (Wildman–Crippen MR) is 68.5 cm³/mol. The average molecular weight is 276 g/mol. The molecule has 0 unspecified atom stereocenters. The standard InChI is InChI=1S/C15H16O5/c1-14(2)19-12(17)15(13(18)20-14)6-10-4-3-9(8-16)5-11(10)7-15/h3-5,16H,6-8H2,1-2H3. The van der Waals surface area contributed by atoms with Crippen molar-refractivity contribution in [2.45, 2.75) is 39.1 Å². The molecule has 1 N–H and O–H groups in total. The SMILES string of the molecule is CC1(C)OC(=O)C2(Cc3ccc(CO)cc3C2)C(=O)O1. The number of ether oxygens (including phenoxy) is 2. The molecule has 106 valence electrons. The molecule has 1 aromatic carbocycles. The van der Waals surface area contributed by atoms with E-state index in [-0.39, 0.29) is 13.0 Å². The molecule has 0 bridgehead atoms. The Morgan fingerprint density at radius 2 is 1.70 bits per heavy atom. The van der Waals surface area contributed by atoms with Crippen LogP contribution in [-0.2, 0) is 38.5 Å². The van der Waals surface area contributed by atoms with Crippen LogP contribution in [0, 0.1) is 5.41 Å². The van der Waals surface area contributed by atoms with E-state index in [1.807, 2.05) is 12.1 Å². The summed E-state index contributed by atoms with van der Waals surface area (Å²) in [5.41, 5.74) is 1.32. The lowest BCUT2D eigenvalue weighted by Gasteiger charge is -2.38. The second-order valence-corrected chi connectivity index (χ2v) is 5.88. The highest BCUT2D eigenvalue weighted by atomic mass is 16.7. The number of hydrogen-bond donors (Lipinski definition) is 1. The number of rotatable bonds is 1. The maximum atomic E-state index is 12.3. The lowest BCUT2D eigenvalue weighted by atomic mass is 9.84. The number of hydrogen-bond acceptors (Lipinski definition) is 5. The van der Waals surface area contributed by atoms with Crippen molar-refractivity contribution in [3.8, 4) is 0 Å². The molecule has 20 heavy (non-hydrogen) atoms. The monoisotopic (exact) mass is 276 g/mol. The van der Waals surface area contributed by atoms with E-state index in [1.54, 1.807) is 19.9 Å². The van der Waals surface area contributed by atoms with Crippen LogP contribution in [0.25, 0.3) is 0 Å². The summed E-state index contributed by atoms with van der Waals surface area (Å²) in [5, 5.41) is 9.16. The van der Waals surface area contributed by atoms with Crippen molar-refractivity contribution < 1.29 is 24.2 Å². The zero-order valence-electron chi connectivity index (χ0n) is 11.4. The first kappa shape index (κ1) is 13.1. The van der Waals surface area contributed by atoms with Crippen LogP contribution in [0.5, 0.6) is 0 Å². The summed E-state index contributed by atoms with van der Waals surface area (Å²) < 4.78 is 10.5. The minimum atomic E-state index is -1.26. The molecule has 1 spiro atoms. The van der Waals surface area contributed by atoms with Gasteiger partial charge in [0.1, 0.15) is 0 Å². The van der Waals surface area contributed by atoms with Crippen LogP contribution in [0.3, 0.4) is 0 Å². The summed E-state index contributed by atoms with van der Waals surface area (Å²) >= 11 is 0. The predicted octanol–water partition coefficient (Wildman–Crippen LogP) is 1.10. The summed E-state index contributed by atoms with van der Waals surface area (Å²) in [6.07, 6.45) is 0.561. The van der Waals surface area contributed by atoms with Crippen LogP contribution in [0.4, 0.5) is 0 Å². The number of esters is 2. The lowest BCUT2D eigenvalue weighted by Crippen LogP contribution is -2.54. The van der Waals surface area contributed by atoms with Gasteiger partial charge in [0.2, 0.25) is 0 Å². The number of aliphatic hydroxyl groups is 1.